The number of hydrogen-bond donors (Lipinski definition) is 1. The van der Waals surface area contributed by atoms with Crippen LogP contribution in [-0.2, 0) is 22.0 Å². The van der Waals surface area contributed by atoms with E-state index in [1.807, 2.05) is 0 Å². The highest BCUT2D eigenvalue weighted by Gasteiger charge is 2.33. The summed E-state index contributed by atoms with van der Waals surface area (Å²) in [7, 11) is 0. The van der Waals surface area contributed by atoms with Crippen LogP contribution in [0.1, 0.15) is 18.3 Å². The summed E-state index contributed by atoms with van der Waals surface area (Å²) >= 11 is 5.86. The van der Waals surface area contributed by atoms with Crippen molar-refractivity contribution in [3.05, 3.63) is 51.3 Å². The quantitative estimate of drug-likeness (QED) is 0.735. The van der Waals surface area contributed by atoms with Gasteiger partial charge in [0, 0.05) is 5.69 Å². The average molecular weight is 387 g/mol. The van der Waals surface area contributed by atoms with Crippen LogP contribution < -0.4 is 10.9 Å². The highest BCUT2D eigenvalue weighted by atomic mass is 35.5. The van der Waals surface area contributed by atoms with E-state index in [0.29, 0.717) is 5.69 Å². The highest BCUT2D eigenvalue weighted by Crippen LogP contribution is 2.26. The van der Waals surface area contributed by atoms with Gasteiger partial charge in [-0.1, -0.05) is 17.7 Å². The number of rotatable bonds is 7. The Morgan fingerprint density at radius 3 is 2.81 bits per heavy atom. The van der Waals surface area contributed by atoms with E-state index >= 15 is 0 Å². The molecule has 0 aliphatic heterocycles. The summed E-state index contributed by atoms with van der Waals surface area (Å²) in [6.45, 7) is 2.01. The van der Waals surface area contributed by atoms with Crippen molar-refractivity contribution in [2.75, 3.05) is 18.5 Å². The predicted octanol–water partition coefficient (Wildman–Crippen LogP) is 2.37. The number of aromatic nitrogens is 3. The molecular weight excluding hydrogens is 370 g/mol. The van der Waals surface area contributed by atoms with Crippen molar-refractivity contribution >= 4 is 23.4 Å². The third kappa shape index (κ3) is 4.75. The lowest BCUT2D eigenvalue weighted by atomic mass is 10.2. The van der Waals surface area contributed by atoms with E-state index in [1.165, 1.54) is 12.1 Å². The molecule has 0 fully saturated rings. The number of ether oxygens (including phenoxy) is 1. The first-order chi connectivity index (χ1) is 12.2. The van der Waals surface area contributed by atoms with Crippen LogP contribution in [-0.4, -0.2) is 33.7 Å². The van der Waals surface area contributed by atoms with Crippen LogP contribution in [0.25, 0.3) is 0 Å². The predicted molar refractivity (Wildman–Crippen MR) is 91.5 cm³/mol. The summed E-state index contributed by atoms with van der Waals surface area (Å²) in [4.78, 5) is 31.4. The molecule has 0 unspecified atom stereocenters. The second-order valence-corrected chi connectivity index (χ2v) is 5.74. The van der Waals surface area contributed by atoms with Gasteiger partial charge in [-0.25, -0.2) is 4.98 Å². The van der Waals surface area contributed by atoms with Crippen LogP contribution in [0.2, 0.25) is 5.15 Å². The normalized spacial score (nSPS) is 11.3. The van der Waals surface area contributed by atoms with Crippen molar-refractivity contribution in [2.24, 2.45) is 0 Å². The van der Waals surface area contributed by atoms with Crippen LogP contribution in [0.15, 0.2) is 29.2 Å². The lowest BCUT2D eigenvalue weighted by molar-refractivity contribution is -0.143. The van der Waals surface area contributed by atoms with Gasteiger partial charge in [0.1, 0.15) is 17.4 Å². The van der Waals surface area contributed by atoms with E-state index in [2.05, 4.69) is 15.3 Å². The molecule has 0 spiro atoms. The summed E-state index contributed by atoms with van der Waals surface area (Å²) in [5.74, 6) is -4.36. The topological polar surface area (TPSA) is 86.1 Å². The van der Waals surface area contributed by atoms with Crippen molar-refractivity contribution in [1.29, 1.82) is 0 Å². The number of hydrogen-bond acceptors (Lipinski definition) is 6. The maximum absolute atomic E-state index is 14.3. The van der Waals surface area contributed by atoms with E-state index in [1.54, 1.807) is 19.9 Å². The Balaban J connectivity index is 2.19. The summed E-state index contributed by atoms with van der Waals surface area (Å²) in [5.41, 5.74) is -0.784. The third-order valence-electron chi connectivity index (χ3n) is 3.34. The first kappa shape index (κ1) is 19.8. The molecule has 0 atom stereocenters. The third-order valence-corrected chi connectivity index (χ3v) is 3.64. The molecule has 0 bridgehead atoms. The number of nitrogens with one attached hydrogen (secondary N) is 1. The fraction of sp³-hybridized carbons (Fsp3) is 0.375. The van der Waals surface area contributed by atoms with Crippen molar-refractivity contribution in [3.63, 3.8) is 0 Å². The zero-order chi connectivity index (χ0) is 19.3. The minimum absolute atomic E-state index is 0.110. The lowest BCUT2D eigenvalue weighted by Crippen LogP contribution is -2.32. The van der Waals surface area contributed by atoms with Crippen LogP contribution in [0.3, 0.4) is 0 Å². The average Bonchev–Trinajstić information content (AvgIpc) is 2.58. The van der Waals surface area contributed by atoms with Crippen LogP contribution >= 0.6 is 11.6 Å². The molecule has 10 heteroatoms. The molecule has 0 aromatic carbocycles. The van der Waals surface area contributed by atoms with Crippen molar-refractivity contribution in [1.82, 2.24) is 14.5 Å². The van der Waals surface area contributed by atoms with Crippen LogP contribution in [0.5, 0.6) is 0 Å². The van der Waals surface area contributed by atoms with Crippen LogP contribution in [0.4, 0.5) is 14.6 Å². The maximum atomic E-state index is 14.3. The Bertz CT molecular complexity index is 858. The Kier molecular flexibility index (Phi) is 6.25. The molecule has 0 aliphatic carbocycles. The molecule has 0 radical (unpaired) electrons. The molecule has 0 saturated carbocycles. The number of halogens is 3. The molecular formula is C16H17ClF2N4O3. The SMILES string of the molecule is CCOC(=O)Cn1c(Cl)cnc(NCC(F)(F)c2cccc(C)n2)c1=O. The maximum Gasteiger partial charge on any atom is 0.326 e. The molecule has 2 aromatic heterocycles. The zero-order valence-electron chi connectivity index (χ0n) is 14.1. The van der Waals surface area contributed by atoms with E-state index in [-0.39, 0.29) is 17.6 Å². The van der Waals surface area contributed by atoms with Gasteiger partial charge in [0.15, 0.2) is 5.82 Å². The van der Waals surface area contributed by atoms with Crippen LogP contribution in [0, 0.1) is 6.92 Å². The summed E-state index contributed by atoms with van der Waals surface area (Å²) < 4.78 is 34.2. The van der Waals surface area contributed by atoms with E-state index in [0.717, 1.165) is 10.8 Å². The molecule has 1 N–H and O–H groups in total. The van der Waals surface area contributed by atoms with Gasteiger partial charge in [-0.2, -0.15) is 8.78 Å². The largest absolute Gasteiger partial charge is 0.465 e. The number of carbonyl (C=O) groups is 1. The molecule has 140 valence electrons. The van der Waals surface area contributed by atoms with Crippen molar-refractivity contribution in [3.8, 4) is 0 Å². The number of anilines is 1. The lowest BCUT2D eigenvalue weighted by Gasteiger charge is -2.17. The second kappa shape index (κ2) is 8.22. The van der Waals surface area contributed by atoms with Crippen molar-refractivity contribution in [2.45, 2.75) is 26.3 Å². The Morgan fingerprint density at radius 1 is 1.42 bits per heavy atom. The molecule has 26 heavy (non-hydrogen) atoms. The first-order valence-electron chi connectivity index (χ1n) is 7.71. The zero-order valence-corrected chi connectivity index (χ0v) is 14.9. The van der Waals surface area contributed by atoms with Gasteiger partial charge in [0.25, 0.3) is 5.56 Å². The fourth-order valence-corrected chi connectivity index (χ4v) is 2.29. The van der Waals surface area contributed by atoms with Gasteiger partial charge in [0.2, 0.25) is 0 Å². The van der Waals surface area contributed by atoms with E-state index in [4.69, 9.17) is 16.3 Å². The first-order valence-corrected chi connectivity index (χ1v) is 8.09. The number of pyridine rings is 1. The summed E-state index contributed by atoms with van der Waals surface area (Å²) in [5, 5.41) is 2.19. The Hall–Kier alpha value is -2.55. The number of nitrogens with zero attached hydrogens (tertiary/aromatic N) is 3. The smallest absolute Gasteiger partial charge is 0.326 e. The van der Waals surface area contributed by atoms with Gasteiger partial charge in [-0.15, -0.1) is 0 Å². The number of carbonyl (C=O) groups excluding carboxylic acids is 1. The molecule has 0 amide bonds. The van der Waals surface area contributed by atoms with Gasteiger partial charge in [-0.05, 0) is 26.0 Å². The number of esters is 1. The fourth-order valence-electron chi connectivity index (χ4n) is 2.10. The molecule has 0 saturated heterocycles. The molecule has 2 heterocycles. The standard InChI is InChI=1S/C16H17ClF2N4O3/c1-3-26-13(24)8-23-12(17)7-20-14(15(23)25)21-9-16(18,19)11-6-4-5-10(2)22-11/h4-7H,3,8-9H2,1-2H3,(H,20,21). The molecule has 2 aromatic rings. The second-order valence-electron chi connectivity index (χ2n) is 5.35. The van der Waals surface area contributed by atoms with Gasteiger partial charge in [-0.3, -0.25) is 19.1 Å². The highest BCUT2D eigenvalue weighted by molar-refractivity contribution is 6.29. The monoisotopic (exact) mass is 386 g/mol. The van der Waals surface area contributed by atoms with Gasteiger partial charge in [0.05, 0.1) is 19.3 Å². The van der Waals surface area contributed by atoms with E-state index < -0.39 is 36.2 Å². The summed E-state index contributed by atoms with van der Waals surface area (Å²) in [6, 6.07) is 4.27. The Morgan fingerprint density at radius 2 is 2.15 bits per heavy atom. The molecule has 2 rings (SSSR count). The van der Waals surface area contributed by atoms with Crippen molar-refractivity contribution < 1.29 is 18.3 Å². The minimum atomic E-state index is -3.33. The molecule has 0 aliphatic rings. The molecule has 7 nitrogen and oxygen atoms in total. The van der Waals surface area contributed by atoms with Gasteiger partial charge < -0.3 is 10.1 Å². The summed E-state index contributed by atoms with van der Waals surface area (Å²) in [6.07, 6.45) is 1.09. The Labute approximate surface area is 153 Å². The number of aryl methyl sites for hydroxylation is 1. The van der Waals surface area contributed by atoms with E-state index in [9.17, 15) is 18.4 Å². The minimum Gasteiger partial charge on any atom is -0.465 e. The number of alkyl halides is 2. The van der Waals surface area contributed by atoms with Gasteiger partial charge >= 0.3 is 11.9 Å².